The van der Waals surface area contributed by atoms with Crippen molar-refractivity contribution in [2.24, 2.45) is 5.73 Å². The molecule has 0 aliphatic heterocycles. The molecule has 1 unspecified atom stereocenters. The second kappa shape index (κ2) is 5.23. The average Bonchev–Trinajstić information content (AvgIpc) is 2.34. The van der Waals surface area contributed by atoms with Crippen LogP contribution in [-0.4, -0.2) is 4.98 Å². The van der Waals surface area contributed by atoms with Crippen molar-refractivity contribution in [2.45, 2.75) is 18.9 Å². The molecule has 0 bridgehead atoms. The number of halogens is 3. The summed E-state index contributed by atoms with van der Waals surface area (Å²) in [6.07, 6.45) is 1.31. The third kappa shape index (κ3) is 3.28. The van der Waals surface area contributed by atoms with Gasteiger partial charge in [-0.15, -0.1) is 0 Å². The van der Waals surface area contributed by atoms with Gasteiger partial charge in [0.25, 0.3) is 0 Å². The second-order valence-electron chi connectivity index (χ2n) is 4.69. The van der Waals surface area contributed by atoms with E-state index >= 15 is 0 Å². The van der Waals surface area contributed by atoms with Gasteiger partial charge in [0.15, 0.2) is 0 Å². The van der Waals surface area contributed by atoms with E-state index in [2.05, 4.69) is 4.98 Å². The third-order valence-electron chi connectivity index (χ3n) is 2.88. The Kier molecular flexibility index (Phi) is 3.83. The van der Waals surface area contributed by atoms with Crippen molar-refractivity contribution in [1.82, 2.24) is 4.98 Å². The Morgan fingerprint density at radius 3 is 2.63 bits per heavy atom. The van der Waals surface area contributed by atoms with E-state index < -0.39 is 11.4 Å². The zero-order chi connectivity index (χ0) is 14.0. The van der Waals surface area contributed by atoms with E-state index in [1.807, 2.05) is 0 Å². The number of benzene rings is 1. The van der Waals surface area contributed by atoms with Gasteiger partial charge >= 0.3 is 0 Å². The van der Waals surface area contributed by atoms with Crippen LogP contribution in [0.4, 0.5) is 8.78 Å². The quantitative estimate of drug-likeness (QED) is 0.937. The minimum atomic E-state index is -0.904. The number of pyridine rings is 1. The Morgan fingerprint density at radius 2 is 2.00 bits per heavy atom. The van der Waals surface area contributed by atoms with Gasteiger partial charge in [-0.05, 0) is 49.2 Å². The van der Waals surface area contributed by atoms with Crippen LogP contribution in [0.2, 0.25) is 5.02 Å². The molecule has 0 spiro atoms. The van der Waals surface area contributed by atoms with E-state index in [9.17, 15) is 8.78 Å². The maximum Gasteiger partial charge on any atom is 0.141 e. The van der Waals surface area contributed by atoms with Crippen LogP contribution >= 0.6 is 11.6 Å². The van der Waals surface area contributed by atoms with Crippen LogP contribution < -0.4 is 5.73 Å². The number of rotatable bonds is 3. The van der Waals surface area contributed by atoms with Gasteiger partial charge in [-0.3, -0.25) is 4.98 Å². The zero-order valence-corrected chi connectivity index (χ0v) is 11.1. The highest BCUT2D eigenvalue weighted by atomic mass is 35.5. The van der Waals surface area contributed by atoms with Crippen LogP contribution in [0.5, 0.6) is 0 Å². The Morgan fingerprint density at radius 1 is 1.26 bits per heavy atom. The van der Waals surface area contributed by atoms with Crippen molar-refractivity contribution in [3.63, 3.8) is 0 Å². The van der Waals surface area contributed by atoms with Crippen LogP contribution in [0.1, 0.15) is 18.2 Å². The van der Waals surface area contributed by atoms with Crippen molar-refractivity contribution in [3.05, 3.63) is 64.4 Å². The van der Waals surface area contributed by atoms with Crippen LogP contribution in [-0.2, 0) is 12.0 Å². The minimum Gasteiger partial charge on any atom is -0.320 e. The molecular formula is C14H13ClF2N2. The molecule has 5 heteroatoms. The lowest BCUT2D eigenvalue weighted by Crippen LogP contribution is -2.36. The van der Waals surface area contributed by atoms with Gasteiger partial charge in [-0.25, -0.2) is 8.78 Å². The first-order chi connectivity index (χ1) is 8.88. The van der Waals surface area contributed by atoms with Gasteiger partial charge in [-0.1, -0.05) is 11.6 Å². The van der Waals surface area contributed by atoms with Crippen molar-refractivity contribution < 1.29 is 8.78 Å². The summed E-state index contributed by atoms with van der Waals surface area (Å²) >= 11 is 5.84. The highest BCUT2D eigenvalue weighted by molar-refractivity contribution is 6.30. The molecule has 0 amide bonds. The summed E-state index contributed by atoms with van der Waals surface area (Å²) in [4.78, 5) is 3.94. The zero-order valence-electron chi connectivity index (χ0n) is 10.3. The van der Waals surface area contributed by atoms with Crippen molar-refractivity contribution >= 4 is 11.6 Å². The van der Waals surface area contributed by atoms with E-state index in [4.69, 9.17) is 17.3 Å². The van der Waals surface area contributed by atoms with Gasteiger partial charge < -0.3 is 5.73 Å². The summed E-state index contributed by atoms with van der Waals surface area (Å²) in [5.74, 6) is -0.809. The van der Waals surface area contributed by atoms with Gasteiger partial charge in [-0.2, -0.15) is 0 Å². The molecule has 2 rings (SSSR count). The van der Waals surface area contributed by atoms with E-state index in [1.54, 1.807) is 6.92 Å². The average molecular weight is 283 g/mol. The van der Waals surface area contributed by atoms with Gasteiger partial charge in [0.2, 0.25) is 0 Å². The summed E-state index contributed by atoms with van der Waals surface area (Å²) in [5, 5.41) is 0.444. The largest absolute Gasteiger partial charge is 0.320 e. The molecule has 0 saturated heterocycles. The maximum absolute atomic E-state index is 13.7. The lowest BCUT2D eigenvalue weighted by atomic mass is 9.90. The Balaban J connectivity index is 2.30. The molecule has 1 heterocycles. The first kappa shape index (κ1) is 13.9. The number of nitrogens with two attached hydrogens (primary N) is 1. The molecule has 2 aromatic rings. The molecule has 0 aliphatic rings. The van der Waals surface area contributed by atoms with Crippen molar-refractivity contribution in [3.8, 4) is 0 Å². The Hall–Kier alpha value is -1.52. The molecule has 0 saturated carbocycles. The molecule has 1 aromatic carbocycles. The predicted octanol–water partition coefficient (Wildman–Crippen LogP) is 3.43. The van der Waals surface area contributed by atoms with Crippen LogP contribution in [0.3, 0.4) is 0 Å². The topological polar surface area (TPSA) is 38.9 Å². The second-order valence-corrected chi connectivity index (χ2v) is 5.13. The fourth-order valence-electron chi connectivity index (χ4n) is 1.88. The summed E-state index contributed by atoms with van der Waals surface area (Å²) < 4.78 is 26.5. The number of aromatic nitrogens is 1. The molecule has 2 nitrogen and oxygen atoms in total. The van der Waals surface area contributed by atoms with Gasteiger partial charge in [0, 0.05) is 5.02 Å². The van der Waals surface area contributed by atoms with Gasteiger partial charge in [0.05, 0.1) is 17.4 Å². The highest BCUT2D eigenvalue weighted by Crippen LogP contribution is 2.24. The van der Waals surface area contributed by atoms with E-state index in [0.717, 1.165) is 6.20 Å². The van der Waals surface area contributed by atoms with Crippen LogP contribution in [0, 0.1) is 11.6 Å². The van der Waals surface area contributed by atoms with E-state index in [1.165, 1.54) is 30.3 Å². The molecule has 19 heavy (non-hydrogen) atoms. The predicted molar refractivity (Wildman–Crippen MR) is 70.8 cm³/mol. The molecule has 2 N–H and O–H groups in total. The number of hydrogen-bond acceptors (Lipinski definition) is 2. The van der Waals surface area contributed by atoms with E-state index in [-0.39, 0.29) is 12.2 Å². The van der Waals surface area contributed by atoms with Gasteiger partial charge in [0.1, 0.15) is 11.6 Å². The van der Waals surface area contributed by atoms with E-state index in [0.29, 0.717) is 16.3 Å². The normalized spacial score (nSPS) is 14.2. The molecule has 0 aliphatic carbocycles. The maximum atomic E-state index is 13.7. The first-order valence-corrected chi connectivity index (χ1v) is 6.11. The molecular weight excluding hydrogens is 270 g/mol. The van der Waals surface area contributed by atoms with Crippen molar-refractivity contribution in [2.75, 3.05) is 0 Å². The lowest BCUT2D eigenvalue weighted by molar-refractivity contribution is 0.459. The third-order valence-corrected chi connectivity index (χ3v) is 3.11. The fraction of sp³-hybridized carbons (Fsp3) is 0.214. The molecule has 1 atom stereocenters. The Bertz CT molecular complexity index is 582. The minimum absolute atomic E-state index is 0.220. The Labute approximate surface area is 115 Å². The molecule has 1 aromatic heterocycles. The van der Waals surface area contributed by atoms with Crippen molar-refractivity contribution in [1.29, 1.82) is 0 Å². The summed E-state index contributed by atoms with van der Waals surface area (Å²) in [6, 6.07) is 7.08. The van der Waals surface area contributed by atoms with Crippen LogP contribution in [0.15, 0.2) is 36.5 Å². The molecule has 100 valence electrons. The number of nitrogens with zero attached hydrogens (tertiary/aromatic N) is 1. The standard InChI is InChI=1S/C14H13ClF2N2/c1-14(18,13-5-3-11(16)8-19-13)7-9-6-10(15)2-4-12(9)17/h2-6,8H,7,18H2,1H3. The monoisotopic (exact) mass is 282 g/mol. The summed E-state index contributed by atoms with van der Waals surface area (Å²) in [7, 11) is 0. The SMILES string of the molecule is CC(N)(Cc1cc(Cl)ccc1F)c1ccc(F)cn1. The fourth-order valence-corrected chi connectivity index (χ4v) is 2.07. The number of hydrogen-bond donors (Lipinski definition) is 1. The van der Waals surface area contributed by atoms with Crippen LogP contribution in [0.25, 0.3) is 0 Å². The first-order valence-electron chi connectivity index (χ1n) is 5.73. The smallest absolute Gasteiger partial charge is 0.141 e. The molecule has 0 fully saturated rings. The lowest BCUT2D eigenvalue weighted by Gasteiger charge is -2.24. The highest BCUT2D eigenvalue weighted by Gasteiger charge is 2.25. The molecule has 0 radical (unpaired) electrons. The summed E-state index contributed by atoms with van der Waals surface area (Å²) in [6.45, 7) is 1.72. The summed E-state index contributed by atoms with van der Waals surface area (Å²) in [5.41, 5.74) is 6.14.